The van der Waals surface area contributed by atoms with Crippen molar-refractivity contribution < 1.29 is 0 Å². The van der Waals surface area contributed by atoms with E-state index in [1.807, 2.05) is 18.3 Å². The molecule has 1 rings (SSSR count). The molecule has 0 bridgehead atoms. The van der Waals surface area contributed by atoms with Crippen LogP contribution in [0.15, 0.2) is 18.3 Å². The van der Waals surface area contributed by atoms with Gasteiger partial charge in [-0.25, -0.2) is 4.98 Å². The third kappa shape index (κ3) is 3.72. The molecule has 0 radical (unpaired) electrons. The minimum Gasteiger partial charge on any atom is -0.396 e. The van der Waals surface area contributed by atoms with Crippen LogP contribution in [0.2, 0.25) is 0 Å². The lowest BCUT2D eigenvalue weighted by molar-refractivity contribution is 0.672. The Bertz CT molecular complexity index is 291. The minimum absolute atomic E-state index is 0.787. The smallest absolute Gasteiger partial charge is 0.151 e. The van der Waals surface area contributed by atoms with Crippen molar-refractivity contribution in [3.05, 3.63) is 18.3 Å². The summed E-state index contributed by atoms with van der Waals surface area (Å²) in [5.74, 6) is 0.949. The first-order valence-corrected chi connectivity index (χ1v) is 6.25. The number of hydrogen-bond acceptors (Lipinski definition) is 3. The number of aromatic nitrogens is 1. The van der Waals surface area contributed by atoms with E-state index in [1.165, 1.54) is 25.7 Å². The third-order valence-corrected chi connectivity index (χ3v) is 2.68. The van der Waals surface area contributed by atoms with Crippen molar-refractivity contribution in [1.82, 2.24) is 4.98 Å². The zero-order valence-electron chi connectivity index (χ0n) is 10.4. The van der Waals surface area contributed by atoms with Gasteiger partial charge >= 0.3 is 0 Å². The van der Waals surface area contributed by atoms with E-state index >= 15 is 0 Å². The van der Waals surface area contributed by atoms with Gasteiger partial charge in [-0.15, -0.1) is 0 Å². The summed E-state index contributed by atoms with van der Waals surface area (Å²) in [6.07, 6.45) is 6.61. The second-order valence-corrected chi connectivity index (χ2v) is 4.11. The first-order valence-electron chi connectivity index (χ1n) is 6.25. The van der Waals surface area contributed by atoms with Gasteiger partial charge in [0.05, 0.1) is 5.69 Å². The fraction of sp³-hybridized carbons (Fsp3) is 0.615. The van der Waals surface area contributed by atoms with Crippen molar-refractivity contribution in [1.29, 1.82) is 0 Å². The average Bonchev–Trinajstić information content (AvgIpc) is 2.31. The molecule has 1 heterocycles. The first kappa shape index (κ1) is 12.8. The molecule has 0 atom stereocenters. The van der Waals surface area contributed by atoms with E-state index in [9.17, 15) is 0 Å². The minimum atomic E-state index is 0.787. The molecule has 16 heavy (non-hydrogen) atoms. The van der Waals surface area contributed by atoms with E-state index in [4.69, 9.17) is 5.73 Å². The van der Waals surface area contributed by atoms with Crippen LogP contribution >= 0.6 is 0 Å². The van der Waals surface area contributed by atoms with Crippen molar-refractivity contribution >= 4 is 11.5 Å². The summed E-state index contributed by atoms with van der Waals surface area (Å²) in [5, 5.41) is 0. The molecule has 90 valence electrons. The number of nitrogens with two attached hydrogens (primary N) is 1. The molecule has 0 aliphatic carbocycles. The predicted molar refractivity (Wildman–Crippen MR) is 70.7 cm³/mol. The van der Waals surface area contributed by atoms with E-state index in [-0.39, 0.29) is 0 Å². The van der Waals surface area contributed by atoms with Crippen LogP contribution in [0.25, 0.3) is 0 Å². The number of nitrogen functional groups attached to an aromatic ring is 1. The lowest BCUT2D eigenvalue weighted by atomic mass is 10.2. The van der Waals surface area contributed by atoms with Gasteiger partial charge in [0.25, 0.3) is 0 Å². The maximum Gasteiger partial charge on any atom is 0.151 e. The summed E-state index contributed by atoms with van der Waals surface area (Å²) < 4.78 is 0. The van der Waals surface area contributed by atoms with Crippen LogP contribution in [0.3, 0.4) is 0 Å². The molecule has 2 N–H and O–H groups in total. The zero-order chi connectivity index (χ0) is 11.8. The second kappa shape index (κ2) is 7.09. The summed E-state index contributed by atoms with van der Waals surface area (Å²) in [5.41, 5.74) is 6.75. The van der Waals surface area contributed by atoms with E-state index in [2.05, 4.69) is 23.7 Å². The molecule has 0 amide bonds. The van der Waals surface area contributed by atoms with Crippen molar-refractivity contribution in [2.24, 2.45) is 0 Å². The van der Waals surface area contributed by atoms with Gasteiger partial charge < -0.3 is 10.6 Å². The van der Waals surface area contributed by atoms with Crippen molar-refractivity contribution in [3.8, 4) is 0 Å². The molecular formula is C13H23N3. The number of pyridine rings is 1. The van der Waals surface area contributed by atoms with Gasteiger partial charge in [0.2, 0.25) is 0 Å². The molecule has 0 aliphatic rings. The lowest BCUT2D eigenvalue weighted by Gasteiger charge is -2.24. The summed E-state index contributed by atoms with van der Waals surface area (Å²) in [6, 6.07) is 3.81. The molecule has 1 aromatic rings. The average molecular weight is 221 g/mol. The van der Waals surface area contributed by atoms with Gasteiger partial charge in [0.1, 0.15) is 0 Å². The van der Waals surface area contributed by atoms with E-state index in [1.54, 1.807) is 0 Å². The summed E-state index contributed by atoms with van der Waals surface area (Å²) >= 11 is 0. The number of unbranched alkanes of at least 4 members (excludes halogenated alkanes) is 2. The second-order valence-electron chi connectivity index (χ2n) is 4.11. The van der Waals surface area contributed by atoms with E-state index in [0.717, 1.165) is 24.6 Å². The fourth-order valence-electron chi connectivity index (χ4n) is 1.70. The highest BCUT2D eigenvalue weighted by atomic mass is 15.2. The fourth-order valence-corrected chi connectivity index (χ4v) is 1.70. The Kier molecular flexibility index (Phi) is 5.68. The predicted octanol–water partition coefficient (Wildman–Crippen LogP) is 3.07. The van der Waals surface area contributed by atoms with Crippen LogP contribution in [0.1, 0.15) is 39.5 Å². The van der Waals surface area contributed by atoms with Crippen molar-refractivity contribution in [2.75, 3.05) is 23.7 Å². The van der Waals surface area contributed by atoms with Crippen LogP contribution in [-0.4, -0.2) is 18.1 Å². The Morgan fingerprint density at radius 2 is 1.81 bits per heavy atom. The molecule has 0 aliphatic heterocycles. The maximum atomic E-state index is 5.96. The molecule has 3 nitrogen and oxygen atoms in total. The quantitative estimate of drug-likeness (QED) is 0.769. The van der Waals surface area contributed by atoms with Crippen LogP contribution in [0.5, 0.6) is 0 Å². The van der Waals surface area contributed by atoms with Crippen molar-refractivity contribution in [3.63, 3.8) is 0 Å². The molecule has 0 aromatic carbocycles. The molecule has 0 saturated carbocycles. The monoisotopic (exact) mass is 221 g/mol. The van der Waals surface area contributed by atoms with Crippen molar-refractivity contribution in [2.45, 2.75) is 39.5 Å². The highest BCUT2D eigenvalue weighted by Gasteiger charge is 2.09. The number of hydrogen-bond donors (Lipinski definition) is 1. The first-order chi connectivity index (χ1) is 7.79. The maximum absolute atomic E-state index is 5.96. The Balaban J connectivity index is 2.70. The molecule has 1 aromatic heterocycles. The van der Waals surface area contributed by atoms with Crippen LogP contribution < -0.4 is 10.6 Å². The van der Waals surface area contributed by atoms with Crippen LogP contribution in [0, 0.1) is 0 Å². The molecule has 3 heteroatoms. The van der Waals surface area contributed by atoms with Gasteiger partial charge in [0, 0.05) is 19.3 Å². The van der Waals surface area contributed by atoms with Gasteiger partial charge in [-0.2, -0.15) is 0 Å². The summed E-state index contributed by atoms with van der Waals surface area (Å²) in [6.45, 7) is 6.52. The number of rotatable bonds is 7. The Labute approximate surface area is 98.7 Å². The lowest BCUT2D eigenvalue weighted by Crippen LogP contribution is -2.27. The summed E-state index contributed by atoms with van der Waals surface area (Å²) in [4.78, 5) is 6.69. The molecule has 0 fully saturated rings. The SMILES string of the molecule is CCCCN(CCCC)c1ncccc1N. The molecule has 0 unspecified atom stereocenters. The van der Waals surface area contributed by atoms with Gasteiger partial charge in [-0.3, -0.25) is 0 Å². The Morgan fingerprint density at radius 3 is 2.31 bits per heavy atom. The van der Waals surface area contributed by atoms with Gasteiger partial charge in [0.15, 0.2) is 5.82 Å². The number of nitrogens with zero attached hydrogens (tertiary/aromatic N) is 2. The molecule has 0 spiro atoms. The topological polar surface area (TPSA) is 42.2 Å². The van der Waals surface area contributed by atoms with Gasteiger partial charge in [-0.1, -0.05) is 26.7 Å². The summed E-state index contributed by atoms with van der Waals surface area (Å²) in [7, 11) is 0. The van der Waals surface area contributed by atoms with Crippen LogP contribution in [0.4, 0.5) is 11.5 Å². The van der Waals surface area contributed by atoms with E-state index in [0.29, 0.717) is 0 Å². The Morgan fingerprint density at radius 1 is 1.19 bits per heavy atom. The Hall–Kier alpha value is -1.25. The highest BCUT2D eigenvalue weighted by Crippen LogP contribution is 2.20. The van der Waals surface area contributed by atoms with Gasteiger partial charge in [-0.05, 0) is 25.0 Å². The zero-order valence-corrected chi connectivity index (χ0v) is 10.4. The molecule has 0 saturated heterocycles. The third-order valence-electron chi connectivity index (χ3n) is 2.68. The highest BCUT2D eigenvalue weighted by molar-refractivity contribution is 5.62. The normalized spacial score (nSPS) is 10.4. The number of anilines is 2. The van der Waals surface area contributed by atoms with Crippen LogP contribution in [-0.2, 0) is 0 Å². The molecular weight excluding hydrogens is 198 g/mol. The van der Waals surface area contributed by atoms with E-state index < -0.39 is 0 Å². The largest absolute Gasteiger partial charge is 0.396 e. The standard InChI is InChI=1S/C13H23N3/c1-3-5-10-16(11-6-4-2)13-12(14)8-7-9-15-13/h7-9H,3-6,10-11,14H2,1-2H3.